The fourth-order valence-electron chi connectivity index (χ4n) is 1.97. The average Bonchev–Trinajstić information content (AvgIpc) is 3.24. The predicted octanol–water partition coefficient (Wildman–Crippen LogP) is 1.76. The number of carbonyl (C=O) groups excluding carboxylic acids is 1. The Morgan fingerprint density at radius 3 is 3.05 bits per heavy atom. The van der Waals surface area contributed by atoms with Crippen LogP contribution in [0.4, 0.5) is 5.82 Å². The Kier molecular flexibility index (Phi) is 4.74. The largest absolute Gasteiger partial charge is 0.462 e. The number of ether oxygens (including phenoxy) is 1. The molecular weight excluding hydrogens is 242 g/mol. The third-order valence-electron chi connectivity index (χ3n) is 3.23. The van der Waals surface area contributed by atoms with Crippen molar-refractivity contribution >= 4 is 11.8 Å². The number of carbonyl (C=O) groups is 1. The quantitative estimate of drug-likeness (QED) is 0.760. The van der Waals surface area contributed by atoms with E-state index in [9.17, 15) is 4.79 Å². The molecule has 0 bridgehead atoms. The number of anilines is 1. The molecule has 1 saturated carbocycles. The molecular formula is C14H21N3O2. The van der Waals surface area contributed by atoms with Gasteiger partial charge in [-0.1, -0.05) is 0 Å². The molecule has 104 valence electrons. The molecule has 5 heteroatoms. The first-order valence-corrected chi connectivity index (χ1v) is 6.78. The highest BCUT2D eigenvalue weighted by molar-refractivity contribution is 5.94. The van der Waals surface area contributed by atoms with Gasteiger partial charge in [0, 0.05) is 25.3 Å². The van der Waals surface area contributed by atoms with E-state index in [1.807, 2.05) is 0 Å². The topological polar surface area (TPSA) is 54.5 Å². The van der Waals surface area contributed by atoms with Crippen LogP contribution in [-0.2, 0) is 4.74 Å². The Hall–Kier alpha value is -1.62. The van der Waals surface area contributed by atoms with Gasteiger partial charge >= 0.3 is 5.97 Å². The minimum absolute atomic E-state index is 0.325. The highest BCUT2D eigenvalue weighted by Gasteiger charge is 2.25. The van der Waals surface area contributed by atoms with Crippen molar-refractivity contribution in [3.05, 3.63) is 23.9 Å². The molecule has 0 spiro atoms. The number of nitrogens with zero attached hydrogens (tertiary/aromatic N) is 2. The molecule has 0 atom stereocenters. The van der Waals surface area contributed by atoms with E-state index >= 15 is 0 Å². The summed E-state index contributed by atoms with van der Waals surface area (Å²) in [6.07, 6.45) is 4.28. The van der Waals surface area contributed by atoms with E-state index in [4.69, 9.17) is 4.74 Å². The van der Waals surface area contributed by atoms with E-state index in [1.54, 1.807) is 25.3 Å². The number of pyridine rings is 1. The molecule has 19 heavy (non-hydrogen) atoms. The number of nitrogens with one attached hydrogen (secondary N) is 1. The van der Waals surface area contributed by atoms with Crippen molar-refractivity contribution in [1.82, 2.24) is 9.88 Å². The second kappa shape index (κ2) is 6.52. The van der Waals surface area contributed by atoms with E-state index in [1.165, 1.54) is 12.8 Å². The van der Waals surface area contributed by atoms with Gasteiger partial charge in [0.05, 0.1) is 6.61 Å². The first-order chi connectivity index (χ1) is 9.22. The molecule has 1 aliphatic carbocycles. The zero-order valence-electron chi connectivity index (χ0n) is 11.6. The molecule has 1 aromatic heterocycles. The maximum atomic E-state index is 11.8. The lowest BCUT2D eigenvalue weighted by Gasteiger charge is -2.16. The van der Waals surface area contributed by atoms with Gasteiger partial charge in [0.2, 0.25) is 0 Å². The standard InChI is InChI=1S/C14H21N3O2/c1-3-19-14(18)12-5-4-8-15-13(12)16-9-10-17(2)11-6-7-11/h4-5,8,11H,3,6-7,9-10H2,1-2H3,(H,15,16). The third-order valence-corrected chi connectivity index (χ3v) is 3.23. The third kappa shape index (κ3) is 3.92. The number of likely N-dealkylation sites (N-methyl/N-ethyl adjacent to an activating group) is 1. The molecule has 2 rings (SSSR count). The van der Waals surface area contributed by atoms with Crippen molar-refractivity contribution < 1.29 is 9.53 Å². The number of rotatable bonds is 7. The molecule has 0 saturated heterocycles. The Morgan fingerprint density at radius 1 is 1.58 bits per heavy atom. The molecule has 0 aliphatic heterocycles. The molecule has 0 aromatic carbocycles. The second-order valence-corrected chi connectivity index (χ2v) is 4.76. The molecule has 5 nitrogen and oxygen atoms in total. The Morgan fingerprint density at radius 2 is 2.37 bits per heavy atom. The van der Waals surface area contributed by atoms with Gasteiger partial charge in [-0.15, -0.1) is 0 Å². The first-order valence-electron chi connectivity index (χ1n) is 6.78. The fraction of sp³-hybridized carbons (Fsp3) is 0.571. The molecule has 1 fully saturated rings. The minimum atomic E-state index is -0.325. The van der Waals surface area contributed by atoms with Crippen LogP contribution in [0.2, 0.25) is 0 Å². The van der Waals surface area contributed by atoms with Gasteiger partial charge in [0.15, 0.2) is 0 Å². The lowest BCUT2D eigenvalue weighted by atomic mass is 10.2. The summed E-state index contributed by atoms with van der Waals surface area (Å²) in [5.74, 6) is 0.277. The summed E-state index contributed by atoms with van der Waals surface area (Å²) < 4.78 is 5.01. The molecule has 1 heterocycles. The smallest absolute Gasteiger partial charge is 0.341 e. The van der Waals surface area contributed by atoms with Crippen LogP contribution in [0.3, 0.4) is 0 Å². The van der Waals surface area contributed by atoms with Crippen molar-refractivity contribution in [2.75, 3.05) is 32.1 Å². The highest BCUT2D eigenvalue weighted by Crippen LogP contribution is 2.24. The van der Waals surface area contributed by atoms with Crippen molar-refractivity contribution in [3.63, 3.8) is 0 Å². The van der Waals surface area contributed by atoms with Gasteiger partial charge in [-0.3, -0.25) is 0 Å². The Labute approximate surface area is 114 Å². The summed E-state index contributed by atoms with van der Waals surface area (Å²) in [6.45, 7) is 3.89. The number of hydrogen-bond acceptors (Lipinski definition) is 5. The summed E-state index contributed by atoms with van der Waals surface area (Å²) in [7, 11) is 2.13. The predicted molar refractivity (Wildman–Crippen MR) is 74.3 cm³/mol. The Bertz CT molecular complexity index is 432. The molecule has 0 unspecified atom stereocenters. The van der Waals surface area contributed by atoms with E-state index in [-0.39, 0.29) is 5.97 Å². The molecule has 0 radical (unpaired) electrons. The number of aromatic nitrogens is 1. The molecule has 1 N–H and O–H groups in total. The summed E-state index contributed by atoms with van der Waals surface area (Å²) in [6, 6.07) is 4.22. The van der Waals surface area contributed by atoms with Gasteiger partial charge in [-0.05, 0) is 38.9 Å². The van der Waals surface area contributed by atoms with Crippen LogP contribution in [-0.4, -0.2) is 48.6 Å². The second-order valence-electron chi connectivity index (χ2n) is 4.76. The summed E-state index contributed by atoms with van der Waals surface area (Å²) in [5.41, 5.74) is 0.499. The zero-order valence-corrected chi connectivity index (χ0v) is 11.6. The van der Waals surface area contributed by atoms with E-state index in [0.717, 1.165) is 19.1 Å². The molecule has 1 aliphatic rings. The monoisotopic (exact) mass is 263 g/mol. The number of esters is 1. The lowest BCUT2D eigenvalue weighted by Crippen LogP contribution is -2.27. The van der Waals surface area contributed by atoms with Gasteiger partial charge in [0.1, 0.15) is 11.4 Å². The van der Waals surface area contributed by atoms with Crippen molar-refractivity contribution in [1.29, 1.82) is 0 Å². The van der Waals surface area contributed by atoms with Gasteiger partial charge in [-0.2, -0.15) is 0 Å². The van der Waals surface area contributed by atoms with Crippen LogP contribution in [0.1, 0.15) is 30.1 Å². The fourth-order valence-corrected chi connectivity index (χ4v) is 1.97. The van der Waals surface area contributed by atoms with Crippen LogP contribution >= 0.6 is 0 Å². The first kappa shape index (κ1) is 13.8. The average molecular weight is 263 g/mol. The van der Waals surface area contributed by atoms with Crippen LogP contribution in [0.25, 0.3) is 0 Å². The van der Waals surface area contributed by atoms with E-state index in [0.29, 0.717) is 18.0 Å². The summed E-state index contributed by atoms with van der Waals surface area (Å²) >= 11 is 0. The minimum Gasteiger partial charge on any atom is -0.462 e. The maximum absolute atomic E-state index is 11.8. The van der Waals surface area contributed by atoms with Crippen molar-refractivity contribution in [2.24, 2.45) is 0 Å². The molecule has 0 amide bonds. The van der Waals surface area contributed by atoms with Crippen LogP contribution in [0.15, 0.2) is 18.3 Å². The van der Waals surface area contributed by atoms with Crippen molar-refractivity contribution in [3.8, 4) is 0 Å². The van der Waals surface area contributed by atoms with Crippen LogP contribution in [0.5, 0.6) is 0 Å². The SMILES string of the molecule is CCOC(=O)c1cccnc1NCCN(C)C1CC1. The zero-order chi connectivity index (χ0) is 13.7. The maximum Gasteiger partial charge on any atom is 0.341 e. The lowest BCUT2D eigenvalue weighted by molar-refractivity contribution is 0.0527. The van der Waals surface area contributed by atoms with Gasteiger partial charge in [-0.25, -0.2) is 9.78 Å². The van der Waals surface area contributed by atoms with E-state index < -0.39 is 0 Å². The van der Waals surface area contributed by atoms with E-state index in [2.05, 4.69) is 22.2 Å². The van der Waals surface area contributed by atoms with Gasteiger partial charge < -0.3 is 15.0 Å². The Balaban J connectivity index is 1.89. The van der Waals surface area contributed by atoms with Crippen LogP contribution < -0.4 is 5.32 Å². The summed E-state index contributed by atoms with van der Waals surface area (Å²) in [5, 5.41) is 3.21. The van der Waals surface area contributed by atoms with Crippen LogP contribution in [0, 0.1) is 0 Å². The molecule has 1 aromatic rings. The highest BCUT2D eigenvalue weighted by atomic mass is 16.5. The van der Waals surface area contributed by atoms with Crippen molar-refractivity contribution in [2.45, 2.75) is 25.8 Å². The summed E-state index contributed by atoms with van der Waals surface area (Å²) in [4.78, 5) is 18.3. The number of hydrogen-bond donors (Lipinski definition) is 1. The van der Waals surface area contributed by atoms with Gasteiger partial charge in [0.25, 0.3) is 0 Å². The normalized spacial score (nSPS) is 14.5.